The van der Waals surface area contributed by atoms with E-state index in [-0.39, 0.29) is 18.1 Å². The van der Waals surface area contributed by atoms with Crippen molar-refractivity contribution in [2.75, 3.05) is 0 Å². The van der Waals surface area contributed by atoms with E-state index in [9.17, 15) is 15.3 Å². The van der Waals surface area contributed by atoms with Crippen molar-refractivity contribution in [2.24, 2.45) is 0 Å². The first-order valence-corrected chi connectivity index (χ1v) is 19.9. The van der Waals surface area contributed by atoms with Crippen molar-refractivity contribution in [2.45, 2.75) is 88.9 Å². The first-order chi connectivity index (χ1) is 15.5. The van der Waals surface area contributed by atoms with Gasteiger partial charge in [0.1, 0.15) is 0 Å². The Kier molecular flexibility index (Phi) is 7.14. The molecule has 2 aliphatic heterocycles. The number of ether oxygens (including phenoxy) is 1. The van der Waals surface area contributed by atoms with Crippen LogP contribution in [0.4, 0.5) is 0 Å². The second-order valence-corrected chi connectivity index (χ2v) is 23.3. The molecule has 4 nitrogen and oxygen atoms in total. The zero-order valence-electron chi connectivity index (χ0n) is 19.8. The topological polar surface area (TPSA) is 69.9 Å². The van der Waals surface area contributed by atoms with E-state index < -0.39 is 28.1 Å². The third-order valence-corrected chi connectivity index (χ3v) is 25.2. The zero-order valence-corrected chi connectivity index (χ0v) is 22.6. The van der Waals surface area contributed by atoms with Gasteiger partial charge in [0.2, 0.25) is 0 Å². The number of fused-ring (bicyclic) bond motifs is 8. The number of phenols is 2. The molecular weight excluding hydrogens is 507 g/mol. The van der Waals surface area contributed by atoms with Crippen molar-refractivity contribution in [1.82, 2.24) is 0 Å². The van der Waals surface area contributed by atoms with Crippen molar-refractivity contribution in [1.29, 1.82) is 0 Å². The van der Waals surface area contributed by atoms with Gasteiger partial charge < -0.3 is 0 Å². The summed E-state index contributed by atoms with van der Waals surface area (Å²) < 4.78 is 10.3. The molecule has 0 aromatic heterocycles. The number of aliphatic hydroxyl groups excluding tert-OH is 1. The standard InChI is InChI=1S/C15H11O4.3C4H9.Sn/c16-6-7-4-9-13(11(18)5-7)15-12-8(14(9)19-15)2-1-3-10(12)17;3*1-3-4-2;/h1-5,15-18H,6H2;3*1,3-4H2,2H3;. The van der Waals surface area contributed by atoms with E-state index in [4.69, 9.17) is 4.74 Å². The number of unbranched alkanes of at least 4 members (excludes halogenated alkanes) is 3. The molecule has 0 spiro atoms. The van der Waals surface area contributed by atoms with Crippen molar-refractivity contribution < 1.29 is 20.1 Å². The molecule has 2 unspecified atom stereocenters. The number of rotatable bonds is 11. The molecule has 0 radical (unpaired) electrons. The van der Waals surface area contributed by atoms with Gasteiger partial charge in [-0.25, -0.2) is 0 Å². The van der Waals surface area contributed by atoms with E-state index in [2.05, 4.69) is 32.9 Å². The Morgan fingerprint density at radius 2 is 1.44 bits per heavy atom. The van der Waals surface area contributed by atoms with Crippen molar-refractivity contribution >= 4 is 18.4 Å². The van der Waals surface area contributed by atoms with Crippen molar-refractivity contribution in [3.63, 3.8) is 0 Å². The number of hydrogen-bond donors (Lipinski definition) is 3. The molecule has 2 heterocycles. The summed E-state index contributed by atoms with van der Waals surface area (Å²) in [5, 5.41) is 31.9. The molecule has 2 aromatic carbocycles. The number of phenolic OH excluding ortho intramolecular Hbond substituents is 2. The van der Waals surface area contributed by atoms with Crippen LogP contribution >= 0.6 is 0 Å². The van der Waals surface area contributed by atoms with Gasteiger partial charge in [0.15, 0.2) is 0 Å². The molecule has 5 heteroatoms. The van der Waals surface area contributed by atoms with Crippen molar-refractivity contribution in [3.8, 4) is 11.5 Å². The predicted octanol–water partition coefficient (Wildman–Crippen LogP) is 6.66. The molecule has 2 atom stereocenters. The van der Waals surface area contributed by atoms with E-state index in [0.29, 0.717) is 0 Å². The summed E-state index contributed by atoms with van der Waals surface area (Å²) in [7, 11) is 0. The van der Waals surface area contributed by atoms with Gasteiger partial charge in [0, 0.05) is 0 Å². The maximum atomic E-state index is 11.0. The predicted molar refractivity (Wildman–Crippen MR) is 131 cm³/mol. The Morgan fingerprint density at radius 1 is 0.844 bits per heavy atom. The van der Waals surface area contributed by atoms with Crippen LogP contribution < -0.4 is 0 Å². The molecule has 2 aromatic rings. The fraction of sp³-hybridized carbons (Fsp3) is 0.556. The van der Waals surface area contributed by atoms with Gasteiger partial charge in [-0.3, -0.25) is 0 Å². The molecular formula is C27H38O4Sn. The first kappa shape index (κ1) is 23.9. The van der Waals surface area contributed by atoms with Gasteiger partial charge >= 0.3 is 197 Å². The molecule has 0 aliphatic carbocycles. The molecule has 0 fully saturated rings. The second kappa shape index (κ2) is 9.55. The summed E-state index contributed by atoms with van der Waals surface area (Å²) in [4.78, 5) is 0. The molecule has 3 N–H and O–H groups in total. The van der Waals surface area contributed by atoms with Crippen LogP contribution in [-0.4, -0.2) is 33.7 Å². The molecule has 2 bridgehead atoms. The Labute approximate surface area is 196 Å². The maximum absolute atomic E-state index is 11.0. The van der Waals surface area contributed by atoms with E-state index in [1.54, 1.807) is 12.1 Å². The Hall–Kier alpha value is -1.24. The van der Waals surface area contributed by atoms with Gasteiger partial charge in [-0.15, -0.1) is 0 Å². The molecule has 2 aliphatic rings. The third-order valence-electron chi connectivity index (χ3n) is 7.83. The third kappa shape index (κ3) is 3.48. The van der Waals surface area contributed by atoms with Crippen LogP contribution in [0, 0.1) is 0 Å². The van der Waals surface area contributed by atoms with Crippen LogP contribution in [-0.2, 0) is 15.0 Å². The van der Waals surface area contributed by atoms with E-state index >= 15 is 0 Å². The van der Waals surface area contributed by atoms with Crippen LogP contribution in [0.5, 0.6) is 11.5 Å². The Bertz CT molecular complexity index is 951. The zero-order chi connectivity index (χ0) is 22.9. The molecule has 0 saturated heterocycles. The first-order valence-electron chi connectivity index (χ1n) is 12.5. The summed E-state index contributed by atoms with van der Waals surface area (Å²) in [5.74, 6) is 0.460. The molecule has 0 amide bonds. The van der Waals surface area contributed by atoms with Gasteiger partial charge in [0.05, 0.1) is 0 Å². The number of benzene rings is 2. The van der Waals surface area contributed by atoms with Crippen LogP contribution in [0.3, 0.4) is 0 Å². The number of hydrogen-bond acceptors (Lipinski definition) is 4. The monoisotopic (exact) mass is 546 g/mol. The Morgan fingerprint density at radius 3 is 2.00 bits per heavy atom. The second-order valence-electron chi connectivity index (χ2n) is 9.74. The minimum atomic E-state index is -3.17. The molecule has 32 heavy (non-hydrogen) atoms. The summed E-state index contributed by atoms with van der Waals surface area (Å²) in [6.07, 6.45) is 6.68. The number of aliphatic hydroxyl groups is 1. The fourth-order valence-corrected chi connectivity index (χ4v) is 25.8. The molecule has 174 valence electrons. The van der Waals surface area contributed by atoms with Gasteiger partial charge in [-0.05, 0) is 0 Å². The van der Waals surface area contributed by atoms with Gasteiger partial charge in [0.25, 0.3) is 0 Å². The Balaban J connectivity index is 2.04. The van der Waals surface area contributed by atoms with Crippen LogP contribution in [0.25, 0.3) is 0 Å². The summed E-state index contributed by atoms with van der Waals surface area (Å²) in [6.45, 7) is 6.70. The van der Waals surface area contributed by atoms with E-state index in [0.717, 1.165) is 47.1 Å². The molecule has 0 saturated carbocycles. The summed E-state index contributed by atoms with van der Waals surface area (Å²) >= 11 is -3.17. The normalized spacial score (nSPS) is 21.1. The van der Waals surface area contributed by atoms with E-state index in [1.165, 1.54) is 32.6 Å². The van der Waals surface area contributed by atoms with Crippen LogP contribution in [0.1, 0.15) is 93.2 Å². The summed E-state index contributed by atoms with van der Waals surface area (Å²) in [5.41, 5.74) is 4.65. The van der Waals surface area contributed by atoms with Gasteiger partial charge in [-0.1, -0.05) is 0 Å². The SMILES string of the molecule is CCC[CH2][Sn]([CH2]CCC)([CH2]CCC)[C]12OC(c3c(O)cccc31)c1c(O)cc(CO)cc12. The molecule has 4 rings (SSSR count). The quantitative estimate of drug-likeness (QED) is 0.277. The van der Waals surface area contributed by atoms with Crippen LogP contribution in [0.2, 0.25) is 13.3 Å². The average molecular weight is 545 g/mol. The number of aromatic hydroxyl groups is 2. The fourth-order valence-electron chi connectivity index (χ4n) is 6.35. The van der Waals surface area contributed by atoms with E-state index in [1.807, 2.05) is 6.07 Å². The summed E-state index contributed by atoms with van der Waals surface area (Å²) in [6, 6.07) is 9.62. The van der Waals surface area contributed by atoms with Crippen LogP contribution in [0.15, 0.2) is 30.3 Å². The average Bonchev–Trinajstić information content (AvgIpc) is 3.33. The van der Waals surface area contributed by atoms with Gasteiger partial charge in [-0.2, -0.15) is 0 Å². The van der Waals surface area contributed by atoms with Crippen molar-refractivity contribution in [3.05, 3.63) is 58.1 Å². The minimum absolute atomic E-state index is 0.101.